The zero-order chi connectivity index (χ0) is 16.9. The van der Waals surface area contributed by atoms with Gasteiger partial charge < -0.3 is 4.74 Å². The summed E-state index contributed by atoms with van der Waals surface area (Å²) in [6.07, 6.45) is 3.70. The molecule has 23 heavy (non-hydrogen) atoms. The van der Waals surface area contributed by atoms with Crippen LogP contribution in [-0.2, 0) is 19.0 Å². The summed E-state index contributed by atoms with van der Waals surface area (Å²) in [5.74, 6) is 0. The minimum atomic E-state index is -3.61. The topological polar surface area (TPSA) is 73.7 Å². The molecule has 0 bridgehead atoms. The molecule has 1 atom stereocenters. The van der Waals surface area contributed by atoms with Crippen molar-refractivity contribution in [3.8, 4) is 0 Å². The third-order valence-electron chi connectivity index (χ3n) is 3.18. The number of nitrogens with zero attached hydrogens (tertiary/aromatic N) is 2. The van der Waals surface area contributed by atoms with E-state index < -0.39 is 10.1 Å². The molecule has 1 fully saturated rings. The summed E-state index contributed by atoms with van der Waals surface area (Å²) in [5.41, 5.74) is 1.01. The number of benzene rings is 1. The lowest BCUT2D eigenvalue weighted by Crippen LogP contribution is -2.10. The minimum absolute atomic E-state index is 0.0507. The largest absolute Gasteiger partial charge is 0.371 e. The standard InChI is InChI=1S/C10H12O4S.C6H10N2/c1-8-2-4-10(5-3-8)15(11,12)14-7-9-6-13-9;1-6(2)8-5-3-4-7-8/h2-5,9H,6-7H2,1H3;3-6H,1-2H3/t9-;/m0./s1. The molecule has 0 unspecified atom stereocenters. The van der Waals surface area contributed by atoms with Crippen LogP contribution in [0.2, 0.25) is 0 Å². The predicted octanol–water partition coefficient (Wildman–Crippen LogP) is 2.56. The maximum absolute atomic E-state index is 11.6. The summed E-state index contributed by atoms with van der Waals surface area (Å²) >= 11 is 0. The van der Waals surface area contributed by atoms with Crippen LogP contribution in [0.15, 0.2) is 47.6 Å². The Morgan fingerprint density at radius 2 is 2.00 bits per heavy atom. The molecule has 2 heterocycles. The van der Waals surface area contributed by atoms with Crippen LogP contribution < -0.4 is 0 Å². The quantitative estimate of drug-likeness (QED) is 0.619. The third kappa shape index (κ3) is 5.78. The van der Waals surface area contributed by atoms with Crippen molar-refractivity contribution in [2.75, 3.05) is 13.2 Å². The highest BCUT2D eigenvalue weighted by Crippen LogP contribution is 2.16. The van der Waals surface area contributed by atoms with E-state index in [1.54, 1.807) is 30.5 Å². The van der Waals surface area contributed by atoms with Gasteiger partial charge in [0.05, 0.1) is 18.1 Å². The van der Waals surface area contributed by atoms with Gasteiger partial charge in [-0.25, -0.2) is 0 Å². The maximum atomic E-state index is 11.6. The SMILES string of the molecule is CC(C)n1cccn1.Cc1ccc(S(=O)(=O)OC[C@@H]2CO2)cc1. The first-order chi connectivity index (χ1) is 10.9. The van der Waals surface area contributed by atoms with Crippen LogP contribution in [0.3, 0.4) is 0 Å². The number of aromatic nitrogens is 2. The molecule has 0 amide bonds. The fourth-order valence-corrected chi connectivity index (χ4v) is 2.63. The first kappa shape index (κ1) is 17.7. The summed E-state index contributed by atoms with van der Waals surface area (Å²) in [4.78, 5) is 0.189. The Balaban J connectivity index is 0.000000203. The van der Waals surface area contributed by atoms with Crippen LogP contribution in [0.4, 0.5) is 0 Å². The lowest BCUT2D eigenvalue weighted by atomic mass is 10.2. The number of epoxide rings is 1. The molecule has 6 nitrogen and oxygen atoms in total. The Morgan fingerprint density at radius 1 is 1.35 bits per heavy atom. The predicted molar refractivity (Wildman–Crippen MR) is 86.7 cm³/mol. The first-order valence-corrected chi connectivity index (χ1v) is 8.86. The molecule has 0 N–H and O–H groups in total. The van der Waals surface area contributed by atoms with Crippen LogP contribution in [0, 0.1) is 6.92 Å². The van der Waals surface area contributed by atoms with E-state index in [-0.39, 0.29) is 17.6 Å². The summed E-state index contributed by atoms with van der Waals surface area (Å²) in [7, 11) is -3.61. The van der Waals surface area contributed by atoms with Crippen molar-refractivity contribution >= 4 is 10.1 Å². The van der Waals surface area contributed by atoms with Gasteiger partial charge in [-0.3, -0.25) is 8.86 Å². The second kappa shape index (κ2) is 7.72. The lowest BCUT2D eigenvalue weighted by Gasteiger charge is -2.03. The van der Waals surface area contributed by atoms with Gasteiger partial charge in [0, 0.05) is 18.4 Å². The number of aryl methyl sites for hydroxylation is 1. The summed E-state index contributed by atoms with van der Waals surface area (Å²) < 4.78 is 34.8. The molecule has 0 saturated carbocycles. The normalized spacial score (nSPS) is 16.8. The van der Waals surface area contributed by atoms with E-state index in [2.05, 4.69) is 18.9 Å². The lowest BCUT2D eigenvalue weighted by molar-refractivity contribution is 0.266. The van der Waals surface area contributed by atoms with Gasteiger partial charge in [-0.15, -0.1) is 0 Å². The number of rotatable bonds is 5. The van der Waals surface area contributed by atoms with E-state index in [1.165, 1.54) is 0 Å². The fourth-order valence-electron chi connectivity index (χ4n) is 1.69. The first-order valence-electron chi connectivity index (χ1n) is 7.45. The van der Waals surface area contributed by atoms with E-state index in [0.29, 0.717) is 12.6 Å². The third-order valence-corrected chi connectivity index (χ3v) is 4.47. The van der Waals surface area contributed by atoms with Gasteiger partial charge in [0.15, 0.2) is 0 Å². The zero-order valence-corrected chi connectivity index (χ0v) is 14.4. The number of hydrogen-bond donors (Lipinski definition) is 0. The van der Waals surface area contributed by atoms with Crippen molar-refractivity contribution in [1.29, 1.82) is 0 Å². The molecular weight excluding hydrogens is 316 g/mol. The Bertz CT molecular complexity index is 690. The van der Waals surface area contributed by atoms with Crippen LogP contribution in [0.5, 0.6) is 0 Å². The van der Waals surface area contributed by atoms with Gasteiger partial charge in [0.1, 0.15) is 6.10 Å². The molecule has 1 aromatic heterocycles. The second-order valence-corrected chi connectivity index (χ2v) is 7.20. The van der Waals surface area contributed by atoms with E-state index in [1.807, 2.05) is 23.9 Å². The van der Waals surface area contributed by atoms with Crippen molar-refractivity contribution in [2.24, 2.45) is 0 Å². The molecule has 1 aliphatic heterocycles. The highest BCUT2D eigenvalue weighted by molar-refractivity contribution is 7.86. The van der Waals surface area contributed by atoms with Crippen molar-refractivity contribution in [1.82, 2.24) is 9.78 Å². The molecule has 126 valence electrons. The molecule has 2 aromatic rings. The summed E-state index contributed by atoms with van der Waals surface area (Å²) in [6.45, 7) is 6.80. The Hall–Kier alpha value is -1.70. The average Bonchev–Trinajstić information content (AvgIpc) is 3.17. The van der Waals surface area contributed by atoms with Crippen molar-refractivity contribution < 1.29 is 17.3 Å². The average molecular weight is 338 g/mol. The number of hydrogen-bond acceptors (Lipinski definition) is 5. The van der Waals surface area contributed by atoms with Crippen molar-refractivity contribution in [3.63, 3.8) is 0 Å². The van der Waals surface area contributed by atoms with E-state index in [9.17, 15) is 8.42 Å². The van der Waals surface area contributed by atoms with Crippen LogP contribution in [-0.4, -0.2) is 37.5 Å². The second-order valence-electron chi connectivity index (χ2n) is 5.59. The Kier molecular flexibility index (Phi) is 5.92. The van der Waals surface area contributed by atoms with Gasteiger partial charge in [-0.2, -0.15) is 13.5 Å². The highest BCUT2D eigenvalue weighted by atomic mass is 32.2. The van der Waals surface area contributed by atoms with Crippen molar-refractivity contribution in [2.45, 2.75) is 37.8 Å². The smallest absolute Gasteiger partial charge is 0.297 e. The van der Waals surface area contributed by atoms with Gasteiger partial charge in [-0.1, -0.05) is 17.7 Å². The summed E-state index contributed by atoms with van der Waals surface area (Å²) in [5, 5.41) is 4.03. The Morgan fingerprint density at radius 3 is 2.43 bits per heavy atom. The maximum Gasteiger partial charge on any atom is 0.297 e. The van der Waals surface area contributed by atoms with E-state index in [0.717, 1.165) is 5.56 Å². The number of ether oxygens (including phenoxy) is 1. The van der Waals surface area contributed by atoms with Crippen LogP contribution in [0.1, 0.15) is 25.5 Å². The highest BCUT2D eigenvalue weighted by Gasteiger charge is 2.26. The van der Waals surface area contributed by atoms with E-state index >= 15 is 0 Å². The summed E-state index contributed by atoms with van der Waals surface area (Å²) in [6, 6.07) is 8.98. The van der Waals surface area contributed by atoms with Gasteiger partial charge >= 0.3 is 0 Å². The van der Waals surface area contributed by atoms with Gasteiger partial charge in [-0.05, 0) is 39.0 Å². The van der Waals surface area contributed by atoms with Crippen molar-refractivity contribution in [3.05, 3.63) is 48.3 Å². The Labute approximate surface area is 137 Å². The molecule has 1 saturated heterocycles. The van der Waals surface area contributed by atoms with Gasteiger partial charge in [0.2, 0.25) is 0 Å². The van der Waals surface area contributed by atoms with E-state index in [4.69, 9.17) is 8.92 Å². The minimum Gasteiger partial charge on any atom is -0.371 e. The molecule has 1 aromatic carbocycles. The molecule has 0 radical (unpaired) electrons. The fraction of sp³-hybridized carbons (Fsp3) is 0.438. The zero-order valence-electron chi connectivity index (χ0n) is 13.5. The monoisotopic (exact) mass is 338 g/mol. The molecule has 7 heteroatoms. The molecule has 0 aliphatic carbocycles. The molecule has 0 spiro atoms. The molecule has 1 aliphatic rings. The molecule has 3 rings (SSSR count). The molecular formula is C16H22N2O4S. The van der Waals surface area contributed by atoms with Crippen LogP contribution >= 0.6 is 0 Å². The van der Waals surface area contributed by atoms with Gasteiger partial charge in [0.25, 0.3) is 10.1 Å². The van der Waals surface area contributed by atoms with Crippen LogP contribution in [0.25, 0.3) is 0 Å².